The number of alkyl halides is 3. The number of rotatable bonds is 1. The van der Waals surface area contributed by atoms with Crippen LogP contribution < -0.4 is 4.90 Å². The fraction of sp³-hybridized carbons (Fsp3) is 0.273. The van der Waals surface area contributed by atoms with E-state index < -0.39 is 17.1 Å². The van der Waals surface area contributed by atoms with E-state index in [0.717, 1.165) is 12.5 Å². The molecular formula is C11H10F3NOS. The molecule has 92 valence electrons. The summed E-state index contributed by atoms with van der Waals surface area (Å²) in [6.07, 6.45) is -4.70. The van der Waals surface area contributed by atoms with Crippen LogP contribution in [0.4, 0.5) is 18.9 Å². The largest absolute Gasteiger partial charge is 0.442 e. The quantitative estimate of drug-likeness (QED) is 0.723. The highest BCUT2D eigenvalue weighted by molar-refractivity contribution is 7.80. The van der Waals surface area contributed by atoms with Crippen LogP contribution in [0, 0.1) is 6.92 Å². The van der Waals surface area contributed by atoms with Crippen LogP contribution in [0.5, 0.6) is 0 Å². The number of aryl methyl sites for hydroxylation is 1. The zero-order valence-electron chi connectivity index (χ0n) is 9.21. The van der Waals surface area contributed by atoms with Gasteiger partial charge in [-0.2, -0.15) is 13.2 Å². The highest BCUT2D eigenvalue weighted by atomic mass is 32.1. The standard InChI is InChI=1S/C11H10F3NOS/c1-7-3-5-9(6-4-7)15(8(2)16)10(17)11(12,13)14/h3-6H,1-2H3. The molecular weight excluding hydrogens is 251 g/mol. The van der Waals surface area contributed by atoms with Gasteiger partial charge in [0.15, 0.2) is 4.99 Å². The Kier molecular flexibility index (Phi) is 3.87. The lowest BCUT2D eigenvalue weighted by molar-refractivity contribution is -0.116. The van der Waals surface area contributed by atoms with Gasteiger partial charge in [-0.15, -0.1) is 0 Å². The van der Waals surface area contributed by atoms with Crippen molar-refractivity contribution in [2.24, 2.45) is 0 Å². The second-order valence-corrected chi connectivity index (χ2v) is 3.88. The summed E-state index contributed by atoms with van der Waals surface area (Å²) in [6, 6.07) is 6.08. The molecule has 2 nitrogen and oxygen atoms in total. The van der Waals surface area contributed by atoms with Crippen molar-refractivity contribution in [2.45, 2.75) is 20.0 Å². The molecule has 0 saturated carbocycles. The number of amides is 1. The maximum Gasteiger partial charge on any atom is 0.442 e. The molecule has 1 amide bonds. The van der Waals surface area contributed by atoms with Crippen molar-refractivity contribution < 1.29 is 18.0 Å². The van der Waals surface area contributed by atoms with Crippen molar-refractivity contribution in [3.63, 3.8) is 0 Å². The first-order valence-electron chi connectivity index (χ1n) is 4.72. The van der Waals surface area contributed by atoms with Gasteiger partial charge in [-0.25, -0.2) is 0 Å². The number of carbonyl (C=O) groups excluding carboxylic acids is 1. The van der Waals surface area contributed by atoms with E-state index in [1.54, 1.807) is 19.1 Å². The highest BCUT2D eigenvalue weighted by Crippen LogP contribution is 2.25. The Morgan fingerprint density at radius 3 is 2.06 bits per heavy atom. The van der Waals surface area contributed by atoms with Gasteiger partial charge in [0.2, 0.25) is 5.91 Å². The number of benzene rings is 1. The first-order valence-corrected chi connectivity index (χ1v) is 5.13. The zero-order valence-corrected chi connectivity index (χ0v) is 10.0. The first kappa shape index (κ1) is 13.6. The van der Waals surface area contributed by atoms with Crippen LogP contribution in [-0.4, -0.2) is 17.1 Å². The van der Waals surface area contributed by atoms with Gasteiger partial charge in [0, 0.05) is 12.6 Å². The van der Waals surface area contributed by atoms with Crippen molar-refractivity contribution in [3.05, 3.63) is 29.8 Å². The third-order valence-electron chi connectivity index (χ3n) is 2.05. The molecule has 0 aliphatic heterocycles. The number of anilines is 1. The lowest BCUT2D eigenvalue weighted by Gasteiger charge is -2.23. The van der Waals surface area contributed by atoms with E-state index in [1.807, 2.05) is 0 Å². The maximum absolute atomic E-state index is 12.5. The predicted octanol–water partition coefficient (Wildman–Crippen LogP) is 3.24. The van der Waals surface area contributed by atoms with E-state index in [4.69, 9.17) is 0 Å². The van der Waals surface area contributed by atoms with Crippen molar-refractivity contribution in [1.82, 2.24) is 0 Å². The molecule has 0 unspecified atom stereocenters. The van der Waals surface area contributed by atoms with Crippen LogP contribution in [0.1, 0.15) is 12.5 Å². The molecule has 0 bridgehead atoms. The van der Waals surface area contributed by atoms with Crippen LogP contribution >= 0.6 is 12.2 Å². The van der Waals surface area contributed by atoms with E-state index in [0.29, 0.717) is 4.90 Å². The molecule has 0 saturated heterocycles. The Hall–Kier alpha value is -1.43. The van der Waals surface area contributed by atoms with E-state index in [2.05, 4.69) is 12.2 Å². The van der Waals surface area contributed by atoms with Crippen LogP contribution in [-0.2, 0) is 4.79 Å². The molecule has 0 aliphatic rings. The lowest BCUT2D eigenvalue weighted by Crippen LogP contribution is -2.42. The minimum Gasteiger partial charge on any atom is -0.274 e. The van der Waals surface area contributed by atoms with Gasteiger partial charge in [-0.05, 0) is 19.1 Å². The summed E-state index contributed by atoms with van der Waals surface area (Å²) in [5.41, 5.74) is 1.00. The van der Waals surface area contributed by atoms with Gasteiger partial charge in [0.25, 0.3) is 0 Å². The lowest BCUT2D eigenvalue weighted by atomic mass is 10.2. The molecule has 0 spiro atoms. The smallest absolute Gasteiger partial charge is 0.274 e. The van der Waals surface area contributed by atoms with Gasteiger partial charge in [0.05, 0.1) is 0 Å². The number of carbonyl (C=O) groups is 1. The Labute approximate surface area is 102 Å². The summed E-state index contributed by atoms with van der Waals surface area (Å²) in [5, 5.41) is 0. The summed E-state index contributed by atoms with van der Waals surface area (Å²) in [4.78, 5) is 10.4. The number of halogens is 3. The van der Waals surface area contributed by atoms with Crippen molar-refractivity contribution in [1.29, 1.82) is 0 Å². The number of thiocarbonyl (C=S) groups is 1. The Balaban J connectivity index is 3.15. The topological polar surface area (TPSA) is 20.3 Å². The molecule has 1 aromatic carbocycles. The van der Waals surface area contributed by atoms with Crippen LogP contribution in [0.25, 0.3) is 0 Å². The summed E-state index contributed by atoms with van der Waals surface area (Å²) in [5.74, 6) is -0.767. The van der Waals surface area contributed by atoms with E-state index in [9.17, 15) is 18.0 Å². The maximum atomic E-state index is 12.5. The molecule has 6 heteroatoms. The second kappa shape index (κ2) is 4.83. The molecule has 0 aliphatic carbocycles. The molecule has 0 heterocycles. The second-order valence-electron chi connectivity index (χ2n) is 3.49. The normalized spacial score (nSPS) is 11.1. The number of nitrogens with zero attached hydrogens (tertiary/aromatic N) is 1. The van der Waals surface area contributed by atoms with E-state index in [1.165, 1.54) is 12.1 Å². The van der Waals surface area contributed by atoms with Crippen LogP contribution in [0.2, 0.25) is 0 Å². The van der Waals surface area contributed by atoms with Crippen molar-refractivity contribution >= 4 is 28.8 Å². The molecule has 0 aromatic heterocycles. The monoisotopic (exact) mass is 261 g/mol. The molecule has 0 atom stereocenters. The van der Waals surface area contributed by atoms with Gasteiger partial charge >= 0.3 is 6.18 Å². The number of hydrogen-bond acceptors (Lipinski definition) is 2. The SMILES string of the molecule is CC(=O)N(C(=S)C(F)(F)F)c1ccc(C)cc1. The third kappa shape index (κ3) is 3.26. The van der Waals surface area contributed by atoms with E-state index >= 15 is 0 Å². The predicted molar refractivity (Wildman–Crippen MR) is 63.0 cm³/mol. The summed E-state index contributed by atoms with van der Waals surface area (Å²) in [6.45, 7) is 2.84. The minimum atomic E-state index is -4.70. The minimum absolute atomic E-state index is 0.116. The highest BCUT2D eigenvalue weighted by Gasteiger charge is 2.40. The average molecular weight is 261 g/mol. The number of hydrogen-bond donors (Lipinski definition) is 0. The molecule has 17 heavy (non-hydrogen) atoms. The first-order chi connectivity index (χ1) is 7.73. The van der Waals surface area contributed by atoms with Gasteiger partial charge in [-0.1, -0.05) is 29.9 Å². The molecule has 0 N–H and O–H groups in total. The van der Waals surface area contributed by atoms with Crippen molar-refractivity contribution in [2.75, 3.05) is 4.90 Å². The van der Waals surface area contributed by atoms with Gasteiger partial charge in [0.1, 0.15) is 0 Å². The Bertz CT molecular complexity index is 439. The Morgan fingerprint density at radius 2 is 1.71 bits per heavy atom. The summed E-state index contributed by atoms with van der Waals surface area (Å²) in [7, 11) is 0. The van der Waals surface area contributed by atoms with Gasteiger partial charge in [-0.3, -0.25) is 9.69 Å². The van der Waals surface area contributed by atoms with Gasteiger partial charge < -0.3 is 0 Å². The molecule has 0 radical (unpaired) electrons. The van der Waals surface area contributed by atoms with E-state index in [-0.39, 0.29) is 5.69 Å². The molecule has 1 rings (SSSR count). The Morgan fingerprint density at radius 1 is 1.24 bits per heavy atom. The zero-order chi connectivity index (χ0) is 13.2. The fourth-order valence-electron chi connectivity index (χ4n) is 1.26. The molecule has 1 aromatic rings. The van der Waals surface area contributed by atoms with Crippen molar-refractivity contribution in [3.8, 4) is 0 Å². The third-order valence-corrected chi connectivity index (χ3v) is 2.47. The van der Waals surface area contributed by atoms with Crippen LogP contribution in [0.3, 0.4) is 0 Å². The summed E-state index contributed by atoms with van der Waals surface area (Å²) >= 11 is 4.28. The van der Waals surface area contributed by atoms with Crippen LogP contribution in [0.15, 0.2) is 24.3 Å². The average Bonchev–Trinajstić information content (AvgIpc) is 2.19. The molecule has 0 fully saturated rings. The fourth-order valence-corrected chi connectivity index (χ4v) is 1.50. The summed E-state index contributed by atoms with van der Waals surface area (Å²) < 4.78 is 37.5.